The van der Waals surface area contributed by atoms with Gasteiger partial charge in [0.25, 0.3) is 5.69 Å². The summed E-state index contributed by atoms with van der Waals surface area (Å²) in [4.78, 5) is 10.5. The predicted molar refractivity (Wildman–Crippen MR) is 75.3 cm³/mol. The number of aliphatic hydroxyl groups excluding tert-OH is 1. The second-order valence-corrected chi connectivity index (χ2v) is 5.14. The van der Waals surface area contributed by atoms with Crippen molar-refractivity contribution in [3.05, 3.63) is 38.9 Å². The predicted octanol–water partition coefficient (Wildman–Crippen LogP) is 2.89. The van der Waals surface area contributed by atoms with Crippen molar-refractivity contribution in [2.24, 2.45) is 0 Å². The molecule has 0 spiro atoms. The van der Waals surface area contributed by atoms with Crippen LogP contribution in [0.2, 0.25) is 5.02 Å². The largest absolute Gasteiger partial charge is 0.396 e. The van der Waals surface area contributed by atoms with Crippen LogP contribution >= 0.6 is 11.6 Å². The Balaban J connectivity index is 2.91. The number of aliphatic hydroxyl groups is 1. The monoisotopic (exact) mass is 286 g/mol. The van der Waals surface area contributed by atoms with Gasteiger partial charge in [0, 0.05) is 24.8 Å². The van der Waals surface area contributed by atoms with Crippen LogP contribution in [0.3, 0.4) is 0 Å². The van der Waals surface area contributed by atoms with Crippen LogP contribution in [0, 0.1) is 10.1 Å². The van der Waals surface area contributed by atoms with Gasteiger partial charge in [0.15, 0.2) is 0 Å². The average Bonchev–Trinajstić information content (AvgIpc) is 2.37. The van der Waals surface area contributed by atoms with E-state index < -0.39 is 4.92 Å². The van der Waals surface area contributed by atoms with E-state index in [1.54, 1.807) is 12.1 Å². The minimum Gasteiger partial charge on any atom is -0.396 e. The molecule has 0 fully saturated rings. The highest BCUT2D eigenvalue weighted by Crippen LogP contribution is 2.27. The van der Waals surface area contributed by atoms with E-state index >= 15 is 0 Å². The molecule has 2 N–H and O–H groups in total. The summed E-state index contributed by atoms with van der Waals surface area (Å²) >= 11 is 6.03. The third-order valence-corrected chi connectivity index (χ3v) is 3.78. The maximum Gasteiger partial charge on any atom is 0.275 e. The molecule has 1 aromatic carbocycles. The molecule has 0 aliphatic rings. The summed E-state index contributed by atoms with van der Waals surface area (Å²) < 4.78 is 0. The molecule has 0 heterocycles. The summed E-state index contributed by atoms with van der Waals surface area (Å²) in [6.45, 7) is 4.36. The van der Waals surface area contributed by atoms with Crippen LogP contribution in [0.25, 0.3) is 0 Å². The standard InChI is InChI=1S/C13H19ClN2O3/c1-3-13(2,7-8-17)15-9-10-11(14)5-4-6-12(10)16(18)19/h4-6,15,17H,3,7-9H2,1-2H3. The van der Waals surface area contributed by atoms with E-state index in [0.29, 0.717) is 23.6 Å². The van der Waals surface area contributed by atoms with Gasteiger partial charge in [0.2, 0.25) is 0 Å². The molecule has 0 bridgehead atoms. The van der Waals surface area contributed by atoms with Gasteiger partial charge in [-0.05, 0) is 25.8 Å². The first-order valence-electron chi connectivity index (χ1n) is 6.21. The molecule has 1 atom stereocenters. The number of hydrogen-bond donors (Lipinski definition) is 2. The number of nitro benzene ring substituents is 1. The molecule has 0 saturated carbocycles. The Morgan fingerprint density at radius 1 is 1.53 bits per heavy atom. The molecule has 0 radical (unpaired) electrons. The summed E-state index contributed by atoms with van der Waals surface area (Å²) in [5, 5.41) is 23.7. The topological polar surface area (TPSA) is 75.4 Å². The lowest BCUT2D eigenvalue weighted by molar-refractivity contribution is -0.385. The first kappa shape index (κ1) is 15.9. The van der Waals surface area contributed by atoms with Gasteiger partial charge in [0.05, 0.1) is 15.5 Å². The number of nitrogens with zero attached hydrogens (tertiary/aromatic N) is 1. The molecule has 0 amide bonds. The molecule has 6 heteroatoms. The van der Waals surface area contributed by atoms with Crippen molar-refractivity contribution in [3.8, 4) is 0 Å². The minimum absolute atomic E-state index is 0.0162. The fourth-order valence-corrected chi connectivity index (χ4v) is 2.07. The lowest BCUT2D eigenvalue weighted by atomic mass is 9.94. The number of nitrogens with one attached hydrogen (secondary N) is 1. The van der Waals surface area contributed by atoms with Crippen molar-refractivity contribution in [1.82, 2.24) is 5.32 Å². The normalized spacial score (nSPS) is 14.1. The Morgan fingerprint density at radius 3 is 2.74 bits per heavy atom. The van der Waals surface area contributed by atoms with Gasteiger partial charge in [-0.25, -0.2) is 0 Å². The Kier molecular flexibility index (Phi) is 5.72. The van der Waals surface area contributed by atoms with Gasteiger partial charge in [-0.2, -0.15) is 0 Å². The van der Waals surface area contributed by atoms with Crippen molar-refractivity contribution in [2.45, 2.75) is 38.8 Å². The highest BCUT2D eigenvalue weighted by molar-refractivity contribution is 6.31. The number of hydrogen-bond acceptors (Lipinski definition) is 4. The summed E-state index contributed by atoms with van der Waals surface area (Å²) in [5.74, 6) is 0. The maximum absolute atomic E-state index is 11.0. The molecule has 0 aliphatic carbocycles. The molecule has 0 aromatic heterocycles. The van der Waals surface area contributed by atoms with Gasteiger partial charge in [-0.3, -0.25) is 10.1 Å². The van der Waals surface area contributed by atoms with E-state index in [0.717, 1.165) is 6.42 Å². The van der Waals surface area contributed by atoms with Crippen molar-refractivity contribution < 1.29 is 10.0 Å². The Morgan fingerprint density at radius 2 is 2.21 bits per heavy atom. The van der Waals surface area contributed by atoms with Gasteiger partial charge in [-0.1, -0.05) is 24.6 Å². The summed E-state index contributed by atoms with van der Waals surface area (Å²) in [6.07, 6.45) is 1.40. The molecule has 106 valence electrons. The van der Waals surface area contributed by atoms with Crippen LogP contribution in [0.5, 0.6) is 0 Å². The first-order chi connectivity index (χ1) is 8.93. The lowest BCUT2D eigenvalue weighted by Gasteiger charge is -2.29. The van der Waals surface area contributed by atoms with E-state index in [4.69, 9.17) is 16.7 Å². The third-order valence-electron chi connectivity index (χ3n) is 3.43. The Labute approximate surface area is 117 Å². The van der Waals surface area contributed by atoms with Crippen molar-refractivity contribution >= 4 is 17.3 Å². The second kappa shape index (κ2) is 6.84. The van der Waals surface area contributed by atoms with Crippen LogP contribution in [-0.2, 0) is 6.54 Å². The van der Waals surface area contributed by atoms with Crippen LogP contribution in [0.15, 0.2) is 18.2 Å². The summed E-state index contributed by atoms with van der Waals surface area (Å²) in [5.41, 5.74) is 0.233. The molecular formula is C13H19ClN2O3. The van der Waals surface area contributed by atoms with E-state index in [1.165, 1.54) is 6.07 Å². The molecule has 0 aliphatic heterocycles. The number of halogens is 1. The molecule has 19 heavy (non-hydrogen) atoms. The van der Waals surface area contributed by atoms with E-state index in [9.17, 15) is 10.1 Å². The number of benzene rings is 1. The molecule has 1 rings (SSSR count). The second-order valence-electron chi connectivity index (χ2n) is 4.74. The molecule has 1 unspecified atom stereocenters. The molecule has 5 nitrogen and oxygen atoms in total. The fourth-order valence-electron chi connectivity index (χ4n) is 1.83. The van der Waals surface area contributed by atoms with Gasteiger partial charge in [0.1, 0.15) is 0 Å². The molecule has 1 aromatic rings. The minimum atomic E-state index is -0.432. The maximum atomic E-state index is 11.0. The zero-order chi connectivity index (χ0) is 14.5. The quantitative estimate of drug-likeness (QED) is 0.597. The summed E-state index contributed by atoms with van der Waals surface area (Å²) in [6, 6.07) is 4.65. The van der Waals surface area contributed by atoms with Crippen molar-refractivity contribution in [3.63, 3.8) is 0 Å². The summed E-state index contributed by atoms with van der Waals surface area (Å²) in [7, 11) is 0. The average molecular weight is 287 g/mol. The van der Waals surface area contributed by atoms with Crippen LogP contribution in [-0.4, -0.2) is 22.2 Å². The van der Waals surface area contributed by atoms with E-state index in [-0.39, 0.29) is 17.8 Å². The van der Waals surface area contributed by atoms with Gasteiger partial charge >= 0.3 is 0 Å². The third kappa shape index (κ3) is 4.16. The van der Waals surface area contributed by atoms with Crippen LogP contribution in [0.4, 0.5) is 5.69 Å². The smallest absolute Gasteiger partial charge is 0.275 e. The van der Waals surface area contributed by atoms with Crippen LogP contribution < -0.4 is 5.32 Å². The number of rotatable bonds is 7. The zero-order valence-corrected chi connectivity index (χ0v) is 11.9. The Bertz CT molecular complexity index is 454. The van der Waals surface area contributed by atoms with Crippen molar-refractivity contribution in [2.75, 3.05) is 6.61 Å². The number of nitro groups is 1. The fraction of sp³-hybridized carbons (Fsp3) is 0.538. The Hall–Kier alpha value is -1.17. The molecular weight excluding hydrogens is 268 g/mol. The van der Waals surface area contributed by atoms with Gasteiger partial charge in [-0.15, -0.1) is 0 Å². The van der Waals surface area contributed by atoms with Crippen molar-refractivity contribution in [1.29, 1.82) is 0 Å². The SMILES string of the molecule is CCC(C)(CCO)NCc1c(Cl)cccc1[N+](=O)[O-]. The van der Waals surface area contributed by atoms with Crippen LogP contribution in [0.1, 0.15) is 32.3 Å². The lowest BCUT2D eigenvalue weighted by Crippen LogP contribution is -2.42. The zero-order valence-electron chi connectivity index (χ0n) is 11.1. The molecule has 0 saturated heterocycles. The highest BCUT2D eigenvalue weighted by Gasteiger charge is 2.23. The van der Waals surface area contributed by atoms with Gasteiger partial charge < -0.3 is 10.4 Å². The van der Waals surface area contributed by atoms with E-state index in [1.807, 2.05) is 13.8 Å². The van der Waals surface area contributed by atoms with E-state index in [2.05, 4.69) is 5.32 Å². The highest BCUT2D eigenvalue weighted by atomic mass is 35.5. The first-order valence-corrected chi connectivity index (χ1v) is 6.59.